The molecule has 7 heteroatoms. The first-order chi connectivity index (χ1) is 12.0. The Morgan fingerprint density at radius 3 is 2.92 bits per heavy atom. The van der Waals surface area contributed by atoms with Gasteiger partial charge in [-0.1, -0.05) is 6.58 Å². The number of amides is 2. The van der Waals surface area contributed by atoms with Gasteiger partial charge in [-0.2, -0.15) is 5.10 Å². The molecule has 1 N–H and O–H groups in total. The standard InChI is InChI=1S/C18H19BrN4O2/c1-3-17(24)23-8-4-5-12-9-13(6-7-16(12)23)18(25)20-10-15-14(19)11-22(2)21-15/h3,6-7,9,11H,1,4-5,8,10H2,2H3,(H,20,25). The highest BCUT2D eigenvalue weighted by molar-refractivity contribution is 9.10. The molecular weight excluding hydrogens is 384 g/mol. The first kappa shape index (κ1) is 17.4. The van der Waals surface area contributed by atoms with E-state index < -0.39 is 0 Å². The largest absolute Gasteiger partial charge is 0.346 e. The second kappa shape index (κ2) is 7.23. The first-order valence-electron chi connectivity index (χ1n) is 8.02. The minimum atomic E-state index is -0.160. The van der Waals surface area contributed by atoms with E-state index in [1.807, 2.05) is 25.4 Å². The zero-order valence-corrected chi connectivity index (χ0v) is 15.5. The Kier molecular flexibility index (Phi) is 5.03. The lowest BCUT2D eigenvalue weighted by Gasteiger charge is -2.28. The van der Waals surface area contributed by atoms with Crippen LogP contribution in [0.4, 0.5) is 5.69 Å². The lowest BCUT2D eigenvalue weighted by Crippen LogP contribution is -2.34. The van der Waals surface area contributed by atoms with Crippen molar-refractivity contribution in [2.24, 2.45) is 7.05 Å². The highest BCUT2D eigenvalue weighted by atomic mass is 79.9. The zero-order chi connectivity index (χ0) is 18.0. The summed E-state index contributed by atoms with van der Waals surface area (Å²) >= 11 is 3.42. The molecule has 0 atom stereocenters. The summed E-state index contributed by atoms with van der Waals surface area (Å²) in [4.78, 5) is 26.1. The van der Waals surface area contributed by atoms with Crippen molar-refractivity contribution in [3.63, 3.8) is 0 Å². The first-order valence-corrected chi connectivity index (χ1v) is 8.82. The summed E-state index contributed by atoms with van der Waals surface area (Å²) in [6.07, 6.45) is 4.88. The van der Waals surface area contributed by atoms with E-state index in [0.29, 0.717) is 18.7 Å². The molecule has 0 unspecified atom stereocenters. The highest BCUT2D eigenvalue weighted by Crippen LogP contribution is 2.28. The van der Waals surface area contributed by atoms with E-state index in [4.69, 9.17) is 0 Å². The Morgan fingerprint density at radius 2 is 2.24 bits per heavy atom. The molecule has 1 aromatic heterocycles. The van der Waals surface area contributed by atoms with E-state index in [1.54, 1.807) is 15.6 Å². The lowest BCUT2D eigenvalue weighted by molar-refractivity contribution is -0.114. The number of hydrogen-bond acceptors (Lipinski definition) is 3. The van der Waals surface area contributed by atoms with Gasteiger partial charge in [-0.15, -0.1) is 0 Å². The second-order valence-electron chi connectivity index (χ2n) is 5.92. The number of rotatable bonds is 4. The molecule has 0 spiro atoms. The third-order valence-corrected chi connectivity index (χ3v) is 4.83. The predicted molar refractivity (Wildman–Crippen MR) is 99.4 cm³/mol. The maximum absolute atomic E-state index is 12.4. The molecule has 130 valence electrons. The predicted octanol–water partition coefficient (Wildman–Crippen LogP) is 2.58. The van der Waals surface area contributed by atoms with Gasteiger partial charge in [0, 0.05) is 31.0 Å². The Labute approximate surface area is 154 Å². The molecule has 1 aromatic carbocycles. The van der Waals surface area contributed by atoms with Crippen LogP contribution in [0.5, 0.6) is 0 Å². The molecule has 0 fully saturated rings. The summed E-state index contributed by atoms with van der Waals surface area (Å²) in [6.45, 7) is 4.57. The van der Waals surface area contributed by atoms with Crippen molar-refractivity contribution in [3.05, 3.63) is 58.3 Å². The van der Waals surface area contributed by atoms with Gasteiger partial charge in [0.25, 0.3) is 5.91 Å². The van der Waals surface area contributed by atoms with Gasteiger partial charge >= 0.3 is 0 Å². The van der Waals surface area contributed by atoms with Gasteiger partial charge in [-0.3, -0.25) is 14.3 Å². The van der Waals surface area contributed by atoms with E-state index in [1.165, 1.54) is 6.08 Å². The number of halogens is 1. The summed E-state index contributed by atoms with van der Waals surface area (Å²) < 4.78 is 2.55. The van der Waals surface area contributed by atoms with Gasteiger partial charge in [0.1, 0.15) is 0 Å². The Balaban J connectivity index is 1.75. The van der Waals surface area contributed by atoms with E-state index in [9.17, 15) is 9.59 Å². The molecule has 2 amide bonds. The molecule has 0 radical (unpaired) electrons. The molecular formula is C18H19BrN4O2. The van der Waals surface area contributed by atoms with Crippen LogP contribution in [-0.2, 0) is 24.8 Å². The van der Waals surface area contributed by atoms with Gasteiger partial charge in [0.05, 0.1) is 16.7 Å². The van der Waals surface area contributed by atoms with Gasteiger partial charge in [-0.05, 0) is 58.6 Å². The topological polar surface area (TPSA) is 67.2 Å². The van der Waals surface area contributed by atoms with Crippen molar-refractivity contribution in [1.82, 2.24) is 15.1 Å². The number of hydrogen-bond donors (Lipinski definition) is 1. The van der Waals surface area contributed by atoms with Gasteiger partial charge in [-0.25, -0.2) is 0 Å². The lowest BCUT2D eigenvalue weighted by atomic mass is 9.98. The van der Waals surface area contributed by atoms with Gasteiger partial charge in [0.15, 0.2) is 0 Å². The molecule has 0 bridgehead atoms. The Bertz CT molecular complexity index is 844. The molecule has 6 nitrogen and oxygen atoms in total. The number of benzene rings is 1. The molecule has 1 aliphatic heterocycles. The van der Waals surface area contributed by atoms with Gasteiger partial charge in [0.2, 0.25) is 5.91 Å². The van der Waals surface area contributed by atoms with E-state index in [-0.39, 0.29) is 11.8 Å². The number of aryl methyl sites for hydroxylation is 2. The number of carbonyl (C=O) groups is 2. The summed E-state index contributed by atoms with van der Waals surface area (Å²) in [5.41, 5.74) is 3.23. The number of carbonyl (C=O) groups excluding carboxylic acids is 2. The average Bonchev–Trinajstić information content (AvgIpc) is 2.95. The number of nitrogens with one attached hydrogen (secondary N) is 1. The fourth-order valence-corrected chi connectivity index (χ4v) is 3.48. The maximum atomic E-state index is 12.4. The van der Waals surface area contributed by atoms with Gasteiger partial charge < -0.3 is 10.2 Å². The van der Waals surface area contributed by atoms with Crippen molar-refractivity contribution >= 4 is 33.4 Å². The molecule has 2 heterocycles. The quantitative estimate of drug-likeness (QED) is 0.799. The molecule has 25 heavy (non-hydrogen) atoms. The monoisotopic (exact) mass is 402 g/mol. The summed E-state index contributed by atoms with van der Waals surface area (Å²) in [6, 6.07) is 5.44. The van der Waals surface area contributed by atoms with Crippen LogP contribution in [-0.4, -0.2) is 28.1 Å². The molecule has 1 aliphatic rings. The van der Waals surface area contributed by atoms with Crippen molar-refractivity contribution in [2.75, 3.05) is 11.4 Å². The van der Waals surface area contributed by atoms with Crippen LogP contribution in [0.15, 0.2) is 41.5 Å². The van der Waals surface area contributed by atoms with E-state index in [0.717, 1.165) is 34.3 Å². The van der Waals surface area contributed by atoms with Crippen molar-refractivity contribution < 1.29 is 9.59 Å². The van der Waals surface area contributed by atoms with Crippen molar-refractivity contribution in [3.8, 4) is 0 Å². The minimum Gasteiger partial charge on any atom is -0.346 e. The number of anilines is 1. The minimum absolute atomic E-state index is 0.113. The highest BCUT2D eigenvalue weighted by Gasteiger charge is 2.22. The third-order valence-electron chi connectivity index (χ3n) is 4.17. The van der Waals surface area contributed by atoms with Crippen LogP contribution >= 0.6 is 15.9 Å². The Hall–Kier alpha value is -2.41. The molecule has 0 aliphatic carbocycles. The Morgan fingerprint density at radius 1 is 1.44 bits per heavy atom. The smallest absolute Gasteiger partial charge is 0.251 e. The van der Waals surface area contributed by atoms with Crippen LogP contribution in [0.3, 0.4) is 0 Å². The molecule has 0 saturated heterocycles. The summed E-state index contributed by atoms with van der Waals surface area (Å²) in [7, 11) is 1.83. The number of fused-ring (bicyclic) bond motifs is 1. The second-order valence-corrected chi connectivity index (χ2v) is 6.78. The summed E-state index contributed by atoms with van der Waals surface area (Å²) in [5, 5.41) is 7.17. The molecule has 2 aromatic rings. The summed E-state index contributed by atoms with van der Waals surface area (Å²) in [5.74, 6) is -0.273. The maximum Gasteiger partial charge on any atom is 0.251 e. The average molecular weight is 403 g/mol. The van der Waals surface area contributed by atoms with Crippen LogP contribution in [0.25, 0.3) is 0 Å². The van der Waals surface area contributed by atoms with E-state index >= 15 is 0 Å². The SMILES string of the molecule is C=CC(=O)N1CCCc2cc(C(=O)NCc3nn(C)cc3Br)ccc21. The van der Waals surface area contributed by atoms with Crippen molar-refractivity contribution in [1.29, 1.82) is 0 Å². The van der Waals surface area contributed by atoms with Crippen LogP contribution < -0.4 is 10.2 Å². The van der Waals surface area contributed by atoms with Crippen LogP contribution in [0, 0.1) is 0 Å². The number of aromatic nitrogens is 2. The van der Waals surface area contributed by atoms with Crippen LogP contribution in [0.2, 0.25) is 0 Å². The van der Waals surface area contributed by atoms with Crippen LogP contribution in [0.1, 0.15) is 28.0 Å². The zero-order valence-electron chi connectivity index (χ0n) is 14.0. The fraction of sp³-hybridized carbons (Fsp3) is 0.278. The van der Waals surface area contributed by atoms with E-state index in [2.05, 4.69) is 32.9 Å². The van der Waals surface area contributed by atoms with Crippen molar-refractivity contribution in [2.45, 2.75) is 19.4 Å². The fourth-order valence-electron chi connectivity index (χ4n) is 2.97. The normalized spacial score (nSPS) is 13.3. The third kappa shape index (κ3) is 3.66. The molecule has 0 saturated carbocycles. The molecule has 3 rings (SSSR count). The number of nitrogens with zero attached hydrogens (tertiary/aromatic N) is 3.